The molecular formula is C55H52N8O8. The van der Waals surface area contributed by atoms with Gasteiger partial charge in [-0.05, 0) is 90.4 Å². The minimum Gasteiger partial charge on any atom is -0.459 e. The number of imide groups is 2. The molecule has 16 heteroatoms. The zero-order valence-corrected chi connectivity index (χ0v) is 38.9. The zero-order valence-electron chi connectivity index (χ0n) is 38.9. The Kier molecular flexibility index (Phi) is 13.3. The van der Waals surface area contributed by atoms with Gasteiger partial charge in [-0.1, -0.05) is 78.9 Å². The number of rotatable bonds is 13. The first-order valence-corrected chi connectivity index (χ1v) is 24.0. The van der Waals surface area contributed by atoms with Crippen molar-refractivity contribution in [3.05, 3.63) is 174 Å². The van der Waals surface area contributed by atoms with E-state index in [2.05, 4.69) is 25.4 Å². The summed E-state index contributed by atoms with van der Waals surface area (Å²) in [5.41, 5.74) is 4.75. The van der Waals surface area contributed by atoms with E-state index in [-0.39, 0.29) is 35.6 Å². The summed E-state index contributed by atoms with van der Waals surface area (Å²) in [6.07, 6.45) is 6.26. The van der Waals surface area contributed by atoms with Crippen LogP contribution in [-0.2, 0) is 19.2 Å². The van der Waals surface area contributed by atoms with Crippen molar-refractivity contribution in [1.82, 2.24) is 30.3 Å². The maximum Gasteiger partial charge on any atom is 0.294 e. The van der Waals surface area contributed by atoms with Crippen molar-refractivity contribution >= 4 is 52.7 Å². The first-order valence-electron chi connectivity index (χ1n) is 24.0. The predicted octanol–water partition coefficient (Wildman–Crippen LogP) is 6.05. The third-order valence-electron chi connectivity index (χ3n) is 14.0. The minimum atomic E-state index is -1.25. The van der Waals surface area contributed by atoms with Gasteiger partial charge in [-0.25, -0.2) is 0 Å². The number of benzene rings is 4. The third kappa shape index (κ3) is 9.70. The first kappa shape index (κ1) is 46.5. The molecule has 3 saturated heterocycles. The highest BCUT2D eigenvalue weighted by molar-refractivity contribution is 6.23. The van der Waals surface area contributed by atoms with Gasteiger partial charge in [0.05, 0.1) is 17.4 Å². The molecule has 4 aliphatic rings. The molecule has 1 unspecified atom stereocenters. The van der Waals surface area contributed by atoms with E-state index in [0.717, 1.165) is 54.2 Å². The van der Waals surface area contributed by atoms with E-state index >= 15 is 4.79 Å². The highest BCUT2D eigenvalue weighted by Crippen LogP contribution is 2.35. The van der Waals surface area contributed by atoms with Crippen molar-refractivity contribution < 1.29 is 38.0 Å². The maximum absolute atomic E-state index is 15.1. The SMILES string of the molecule is O=C1CCC(N2C(=O)c3ccc(N4CCN(CC5CCN(C(=O)[C@H](NC(=O)[C@@H](c6cccnc6)N(C(=O)c6ccco6)c6ccc(-c7ccccc7)cc6)c6ccccc6)CC5)CC4)cc3C2=O)C(=O)N1. The summed E-state index contributed by atoms with van der Waals surface area (Å²) in [5.74, 6) is -3.10. The molecule has 2 aromatic heterocycles. The monoisotopic (exact) mass is 952 g/mol. The van der Waals surface area contributed by atoms with Gasteiger partial charge in [-0.15, -0.1) is 0 Å². The van der Waals surface area contributed by atoms with Crippen molar-refractivity contribution in [2.45, 2.75) is 43.8 Å². The fraction of sp³-hybridized carbons (Fsp3) is 0.273. The summed E-state index contributed by atoms with van der Waals surface area (Å²) in [4.78, 5) is 108. The molecule has 0 saturated carbocycles. The van der Waals surface area contributed by atoms with Crippen LogP contribution < -0.4 is 20.4 Å². The van der Waals surface area contributed by atoms with Crippen LogP contribution in [0, 0.1) is 5.92 Å². The van der Waals surface area contributed by atoms with Crippen LogP contribution in [0.3, 0.4) is 0 Å². The molecule has 360 valence electrons. The number of piperazine rings is 1. The molecule has 3 fully saturated rings. The second-order valence-electron chi connectivity index (χ2n) is 18.3. The number of likely N-dealkylation sites (tertiary alicyclic amines) is 1. The van der Waals surface area contributed by atoms with Crippen LogP contribution in [-0.4, -0.2) is 113 Å². The number of aromatic nitrogens is 1. The van der Waals surface area contributed by atoms with Crippen molar-refractivity contribution in [3.63, 3.8) is 0 Å². The lowest BCUT2D eigenvalue weighted by Gasteiger charge is -2.40. The average molecular weight is 953 g/mol. The molecule has 7 amide bonds. The second kappa shape index (κ2) is 20.4. The van der Waals surface area contributed by atoms with Gasteiger partial charge in [0.2, 0.25) is 23.6 Å². The van der Waals surface area contributed by atoms with E-state index in [0.29, 0.717) is 48.9 Å². The highest BCUT2D eigenvalue weighted by Gasteiger charge is 2.45. The van der Waals surface area contributed by atoms with Crippen LogP contribution in [0.4, 0.5) is 11.4 Å². The van der Waals surface area contributed by atoms with Gasteiger partial charge < -0.3 is 19.5 Å². The lowest BCUT2D eigenvalue weighted by molar-refractivity contribution is -0.138. The van der Waals surface area contributed by atoms with Gasteiger partial charge in [0.25, 0.3) is 17.7 Å². The summed E-state index contributed by atoms with van der Waals surface area (Å²) < 4.78 is 5.61. The summed E-state index contributed by atoms with van der Waals surface area (Å²) >= 11 is 0. The number of carbonyl (C=O) groups excluding carboxylic acids is 7. The molecule has 0 radical (unpaired) electrons. The topological polar surface area (TPSA) is 186 Å². The van der Waals surface area contributed by atoms with Crippen LogP contribution in [0.25, 0.3) is 11.1 Å². The predicted molar refractivity (Wildman–Crippen MR) is 263 cm³/mol. The first-order chi connectivity index (χ1) is 34.6. The van der Waals surface area contributed by atoms with E-state index in [1.54, 1.807) is 60.9 Å². The molecular weight excluding hydrogens is 901 g/mol. The molecule has 10 rings (SSSR count). The molecule has 0 aliphatic carbocycles. The van der Waals surface area contributed by atoms with E-state index in [1.807, 2.05) is 83.8 Å². The quantitative estimate of drug-likeness (QED) is 0.129. The molecule has 16 nitrogen and oxygen atoms in total. The molecule has 71 heavy (non-hydrogen) atoms. The molecule has 6 heterocycles. The van der Waals surface area contributed by atoms with Gasteiger partial charge in [0.1, 0.15) is 18.1 Å². The Bertz CT molecular complexity index is 2940. The number of hydrogen-bond donors (Lipinski definition) is 2. The van der Waals surface area contributed by atoms with Crippen LogP contribution in [0.1, 0.15) is 80.2 Å². The Labute approximate surface area is 410 Å². The molecule has 2 N–H and O–H groups in total. The summed E-state index contributed by atoms with van der Waals surface area (Å²) in [6, 6.07) is 34.9. The van der Waals surface area contributed by atoms with Crippen molar-refractivity contribution in [2.75, 3.05) is 55.6 Å². The number of pyridine rings is 1. The fourth-order valence-corrected chi connectivity index (χ4v) is 10.2. The van der Waals surface area contributed by atoms with Gasteiger partial charge in [0, 0.05) is 81.6 Å². The maximum atomic E-state index is 15.1. The highest BCUT2D eigenvalue weighted by atomic mass is 16.3. The van der Waals surface area contributed by atoms with Crippen molar-refractivity contribution in [2.24, 2.45) is 5.92 Å². The number of furan rings is 1. The van der Waals surface area contributed by atoms with Crippen LogP contribution >= 0.6 is 0 Å². The zero-order chi connectivity index (χ0) is 49.0. The number of hydrogen-bond acceptors (Lipinski definition) is 11. The van der Waals surface area contributed by atoms with Crippen molar-refractivity contribution in [3.8, 4) is 11.1 Å². The van der Waals surface area contributed by atoms with Gasteiger partial charge in [-0.2, -0.15) is 0 Å². The number of fused-ring (bicyclic) bond motifs is 1. The number of anilines is 2. The number of nitrogens with one attached hydrogen (secondary N) is 2. The molecule has 6 aromatic rings. The second-order valence-corrected chi connectivity index (χ2v) is 18.3. The van der Waals surface area contributed by atoms with Crippen LogP contribution in [0.15, 0.2) is 150 Å². The number of amides is 7. The third-order valence-corrected chi connectivity index (χ3v) is 14.0. The van der Waals surface area contributed by atoms with E-state index in [9.17, 15) is 28.8 Å². The molecule has 4 aliphatic heterocycles. The summed E-state index contributed by atoms with van der Waals surface area (Å²) in [7, 11) is 0. The average Bonchev–Trinajstić information content (AvgIpc) is 4.04. The number of carbonyl (C=O) groups is 7. The lowest BCUT2D eigenvalue weighted by Crippen LogP contribution is -2.54. The van der Waals surface area contributed by atoms with Gasteiger partial charge >= 0.3 is 0 Å². The minimum absolute atomic E-state index is 0.0383. The van der Waals surface area contributed by atoms with E-state index in [1.165, 1.54) is 11.2 Å². The molecule has 0 spiro atoms. The Morgan fingerprint density at radius 1 is 0.718 bits per heavy atom. The van der Waals surface area contributed by atoms with E-state index < -0.39 is 53.6 Å². The summed E-state index contributed by atoms with van der Waals surface area (Å²) in [6.45, 7) is 4.83. The lowest BCUT2D eigenvalue weighted by atomic mass is 9.94. The molecule has 0 bridgehead atoms. The Morgan fingerprint density at radius 2 is 1.41 bits per heavy atom. The largest absolute Gasteiger partial charge is 0.459 e. The standard InChI is InChI=1S/C55H52N8O8/c64-47-22-21-45(50(65)57-47)63-52(67)43-20-19-42(33-44(43)53(63)68)60-30-28-59(29-31-60)35-36-23-26-61(27-24-36)55(70)48(39-11-5-2-6-12-39)58-51(66)49(40-13-7-25-56-34-40)62(54(69)46-14-8-32-71-46)41-17-15-38(16-18-41)37-9-3-1-4-10-37/h1-20,25,32-34,36,45,48-49H,21-24,26-31,35H2,(H,58,66)(H,57,64,65)/t45?,48-,49-/m1/s1. The molecule has 4 aromatic carbocycles. The molecule has 3 atom stereocenters. The van der Waals surface area contributed by atoms with Crippen molar-refractivity contribution in [1.29, 1.82) is 0 Å². The number of piperidine rings is 2. The number of nitrogens with zero attached hydrogens (tertiary/aromatic N) is 6. The smallest absolute Gasteiger partial charge is 0.294 e. The Morgan fingerprint density at radius 3 is 2.08 bits per heavy atom. The van der Waals surface area contributed by atoms with E-state index in [4.69, 9.17) is 4.42 Å². The van der Waals surface area contributed by atoms with Crippen LogP contribution in [0.5, 0.6) is 0 Å². The van der Waals surface area contributed by atoms with Crippen LogP contribution in [0.2, 0.25) is 0 Å². The fourth-order valence-electron chi connectivity index (χ4n) is 10.2. The normalized spacial score (nSPS) is 18.4. The summed E-state index contributed by atoms with van der Waals surface area (Å²) in [5, 5.41) is 5.33. The Balaban J connectivity index is 0.802. The van der Waals surface area contributed by atoms with Gasteiger partial charge in [-0.3, -0.25) is 58.6 Å². The van der Waals surface area contributed by atoms with Gasteiger partial charge in [0.15, 0.2) is 5.76 Å². The Hall–Kier alpha value is -8.24.